The number of hydrazine groups is 1. The number of carbonyl (C=O) groups is 1. The van der Waals surface area contributed by atoms with Crippen LogP contribution in [0.1, 0.15) is 19.8 Å². The number of carbonyl (C=O) groups excluding carboxylic acids is 1. The Hall–Kier alpha value is -2.16. The van der Waals surface area contributed by atoms with E-state index in [9.17, 15) is 4.79 Å². The molecule has 0 atom stereocenters. The number of nitrogens with one attached hydrogen (secondary N) is 2. The van der Waals surface area contributed by atoms with Crippen molar-refractivity contribution in [3.05, 3.63) is 0 Å². The Morgan fingerprint density at radius 3 is 2.48 bits per heavy atom. The van der Waals surface area contributed by atoms with Gasteiger partial charge in [0.05, 0.1) is 0 Å². The van der Waals surface area contributed by atoms with Crippen LogP contribution >= 0.6 is 0 Å². The minimum atomic E-state index is 0.0122. The monoisotopic (exact) mass is 294 g/mol. The molecule has 1 aromatic heterocycles. The lowest BCUT2D eigenvalue weighted by Crippen LogP contribution is -2.44. The van der Waals surface area contributed by atoms with Crippen molar-refractivity contribution in [1.82, 2.24) is 20.3 Å². The first-order chi connectivity index (χ1) is 9.99. The molecule has 1 fully saturated rings. The van der Waals surface area contributed by atoms with E-state index in [1.807, 2.05) is 14.1 Å². The number of nitrogen functional groups attached to an aromatic ring is 1. The van der Waals surface area contributed by atoms with Gasteiger partial charge in [-0.1, -0.05) is 0 Å². The molecule has 9 nitrogen and oxygen atoms in total. The van der Waals surface area contributed by atoms with Gasteiger partial charge >= 0.3 is 0 Å². The van der Waals surface area contributed by atoms with Gasteiger partial charge in [-0.05, 0) is 12.8 Å². The Morgan fingerprint density at radius 2 is 1.95 bits per heavy atom. The number of anilines is 3. The summed E-state index contributed by atoms with van der Waals surface area (Å²) in [4.78, 5) is 27.9. The molecule has 116 valence electrons. The van der Waals surface area contributed by atoms with Gasteiger partial charge < -0.3 is 15.1 Å². The second kappa shape index (κ2) is 6.53. The van der Waals surface area contributed by atoms with E-state index >= 15 is 0 Å². The summed E-state index contributed by atoms with van der Waals surface area (Å²) in [5.41, 5.74) is 2.46. The fourth-order valence-corrected chi connectivity index (χ4v) is 2.27. The van der Waals surface area contributed by atoms with Gasteiger partial charge in [-0.15, -0.1) is 0 Å². The van der Waals surface area contributed by atoms with Crippen molar-refractivity contribution in [3.63, 3.8) is 0 Å². The van der Waals surface area contributed by atoms with Crippen LogP contribution in [0.4, 0.5) is 17.8 Å². The van der Waals surface area contributed by atoms with E-state index in [1.165, 1.54) is 0 Å². The molecule has 0 spiro atoms. The van der Waals surface area contributed by atoms with Crippen LogP contribution < -0.4 is 26.4 Å². The van der Waals surface area contributed by atoms with Gasteiger partial charge in [-0.3, -0.25) is 10.2 Å². The molecule has 1 saturated heterocycles. The van der Waals surface area contributed by atoms with Crippen LogP contribution in [-0.2, 0) is 4.79 Å². The zero-order valence-electron chi connectivity index (χ0n) is 12.6. The summed E-state index contributed by atoms with van der Waals surface area (Å²) in [6.07, 6.45) is 1.74. The van der Waals surface area contributed by atoms with Gasteiger partial charge in [0.2, 0.25) is 23.8 Å². The van der Waals surface area contributed by atoms with E-state index in [1.54, 1.807) is 11.8 Å². The summed E-state index contributed by atoms with van der Waals surface area (Å²) in [7, 11) is 3.73. The molecule has 0 unspecified atom stereocenters. The highest BCUT2D eigenvalue weighted by Gasteiger charge is 2.22. The van der Waals surface area contributed by atoms with Crippen molar-refractivity contribution in [2.24, 2.45) is 5.84 Å². The third kappa shape index (κ3) is 3.91. The van der Waals surface area contributed by atoms with Crippen molar-refractivity contribution in [2.75, 3.05) is 42.4 Å². The maximum Gasteiger partial charge on any atom is 0.243 e. The molecule has 1 aliphatic rings. The molecule has 4 N–H and O–H groups in total. The molecule has 1 aromatic rings. The normalized spacial score (nSPS) is 15.7. The van der Waals surface area contributed by atoms with Gasteiger partial charge in [0.25, 0.3) is 0 Å². The van der Waals surface area contributed by atoms with Crippen LogP contribution in [0.3, 0.4) is 0 Å². The SMILES string of the molecule is CC(=O)NC1CCN(c2nc(NN)nc(N(C)C)n2)CC1. The van der Waals surface area contributed by atoms with Crippen LogP contribution in [0, 0.1) is 0 Å². The number of aromatic nitrogens is 3. The fraction of sp³-hybridized carbons (Fsp3) is 0.667. The van der Waals surface area contributed by atoms with Crippen LogP contribution in [0.25, 0.3) is 0 Å². The Morgan fingerprint density at radius 1 is 1.29 bits per heavy atom. The third-order valence-electron chi connectivity index (χ3n) is 3.33. The summed E-state index contributed by atoms with van der Waals surface area (Å²) in [5, 5.41) is 2.95. The van der Waals surface area contributed by atoms with Crippen molar-refractivity contribution >= 4 is 23.8 Å². The van der Waals surface area contributed by atoms with E-state index in [4.69, 9.17) is 5.84 Å². The van der Waals surface area contributed by atoms with E-state index in [0.717, 1.165) is 25.9 Å². The molecule has 1 aliphatic heterocycles. The minimum Gasteiger partial charge on any atom is -0.353 e. The standard InChI is InChI=1S/C12H22N8O/c1-8(21)14-9-4-6-20(7-5-9)12-16-10(18-13)15-11(17-12)19(2)3/h9H,4-7,13H2,1-3H3,(H,14,21)(H,15,16,17,18). The predicted octanol–water partition coefficient (Wildman–Crippen LogP) is -0.672. The highest BCUT2D eigenvalue weighted by Crippen LogP contribution is 2.19. The van der Waals surface area contributed by atoms with E-state index < -0.39 is 0 Å². The molecule has 0 radical (unpaired) electrons. The quantitative estimate of drug-likeness (QED) is 0.495. The van der Waals surface area contributed by atoms with Gasteiger partial charge in [0.15, 0.2) is 0 Å². The zero-order chi connectivity index (χ0) is 15.4. The summed E-state index contributed by atoms with van der Waals surface area (Å²) in [6, 6.07) is 0.223. The number of hydrogen-bond acceptors (Lipinski definition) is 8. The fourth-order valence-electron chi connectivity index (χ4n) is 2.27. The van der Waals surface area contributed by atoms with Crippen molar-refractivity contribution in [1.29, 1.82) is 0 Å². The highest BCUT2D eigenvalue weighted by atomic mass is 16.1. The summed E-state index contributed by atoms with van der Waals surface area (Å²) >= 11 is 0. The van der Waals surface area contributed by atoms with Gasteiger partial charge in [0, 0.05) is 40.2 Å². The van der Waals surface area contributed by atoms with Gasteiger partial charge in [0.1, 0.15) is 0 Å². The Kier molecular flexibility index (Phi) is 4.73. The number of nitrogens with zero attached hydrogens (tertiary/aromatic N) is 5. The smallest absolute Gasteiger partial charge is 0.243 e. The van der Waals surface area contributed by atoms with Crippen molar-refractivity contribution in [3.8, 4) is 0 Å². The lowest BCUT2D eigenvalue weighted by molar-refractivity contribution is -0.119. The Bertz CT molecular complexity index is 498. The Labute approximate surface area is 123 Å². The van der Waals surface area contributed by atoms with Crippen LogP contribution in [0.2, 0.25) is 0 Å². The number of nitrogens with two attached hydrogens (primary N) is 1. The summed E-state index contributed by atoms with van der Waals surface area (Å²) < 4.78 is 0. The first-order valence-corrected chi connectivity index (χ1v) is 6.91. The molecule has 0 saturated carbocycles. The largest absolute Gasteiger partial charge is 0.353 e. The summed E-state index contributed by atoms with van der Waals surface area (Å²) in [6.45, 7) is 3.11. The number of rotatable bonds is 4. The molecule has 0 bridgehead atoms. The van der Waals surface area contributed by atoms with Crippen LogP contribution in [0.5, 0.6) is 0 Å². The minimum absolute atomic E-state index is 0.0122. The second-order valence-electron chi connectivity index (χ2n) is 5.26. The van der Waals surface area contributed by atoms with Crippen molar-refractivity contribution in [2.45, 2.75) is 25.8 Å². The maximum atomic E-state index is 11.1. The van der Waals surface area contributed by atoms with Crippen LogP contribution in [0.15, 0.2) is 0 Å². The molecule has 0 aromatic carbocycles. The average molecular weight is 294 g/mol. The highest BCUT2D eigenvalue weighted by molar-refractivity contribution is 5.73. The number of piperidine rings is 1. The molecular formula is C12H22N8O. The van der Waals surface area contributed by atoms with Crippen LogP contribution in [-0.4, -0.2) is 54.1 Å². The summed E-state index contributed by atoms with van der Waals surface area (Å²) in [5.74, 6) is 6.91. The average Bonchev–Trinajstić information content (AvgIpc) is 2.46. The molecule has 9 heteroatoms. The molecule has 2 rings (SSSR count). The molecular weight excluding hydrogens is 272 g/mol. The maximum absolute atomic E-state index is 11.1. The predicted molar refractivity (Wildman–Crippen MR) is 81.0 cm³/mol. The zero-order valence-corrected chi connectivity index (χ0v) is 12.6. The molecule has 0 aliphatic carbocycles. The lowest BCUT2D eigenvalue weighted by Gasteiger charge is -2.32. The number of amides is 1. The third-order valence-corrected chi connectivity index (χ3v) is 3.33. The second-order valence-corrected chi connectivity index (χ2v) is 5.26. The van der Waals surface area contributed by atoms with E-state index in [2.05, 4.69) is 30.6 Å². The van der Waals surface area contributed by atoms with Gasteiger partial charge in [-0.25, -0.2) is 5.84 Å². The van der Waals surface area contributed by atoms with Gasteiger partial charge in [-0.2, -0.15) is 15.0 Å². The topological polar surface area (TPSA) is 112 Å². The lowest BCUT2D eigenvalue weighted by atomic mass is 10.1. The first-order valence-electron chi connectivity index (χ1n) is 6.91. The molecule has 1 amide bonds. The van der Waals surface area contributed by atoms with Crippen molar-refractivity contribution < 1.29 is 4.79 Å². The Balaban J connectivity index is 2.09. The molecule has 2 heterocycles. The van der Waals surface area contributed by atoms with E-state index in [0.29, 0.717) is 17.8 Å². The first kappa shape index (κ1) is 15.2. The van der Waals surface area contributed by atoms with E-state index in [-0.39, 0.29) is 11.9 Å². The number of hydrogen-bond donors (Lipinski definition) is 3. The molecule has 21 heavy (non-hydrogen) atoms.